The number of carbonyl (C=O) groups is 1. The van der Waals surface area contributed by atoms with Gasteiger partial charge in [0.15, 0.2) is 8.32 Å². The molecule has 0 aromatic rings. The smallest absolute Gasteiger partial charge is 0.407 e. The van der Waals surface area contributed by atoms with Crippen molar-refractivity contribution in [1.82, 2.24) is 5.32 Å². The zero-order valence-electron chi connectivity index (χ0n) is 15.0. The van der Waals surface area contributed by atoms with Crippen LogP contribution in [0.2, 0.25) is 18.1 Å². The fourth-order valence-corrected chi connectivity index (χ4v) is 3.65. The second-order valence-electron chi connectivity index (χ2n) is 8.66. The van der Waals surface area contributed by atoms with Gasteiger partial charge in [-0.1, -0.05) is 20.8 Å². The predicted molar refractivity (Wildman–Crippen MR) is 89.1 cm³/mol. The monoisotopic (exact) mass is 315 g/mol. The van der Waals surface area contributed by atoms with Gasteiger partial charge < -0.3 is 14.5 Å². The first-order chi connectivity index (χ1) is 9.30. The molecule has 0 heterocycles. The Labute approximate surface area is 131 Å². The van der Waals surface area contributed by atoms with Gasteiger partial charge in [0.05, 0.1) is 0 Å². The lowest BCUT2D eigenvalue weighted by Gasteiger charge is -2.38. The third kappa shape index (κ3) is 5.99. The van der Waals surface area contributed by atoms with E-state index in [1.807, 2.05) is 20.8 Å². The first-order valence-corrected chi connectivity index (χ1v) is 10.9. The summed E-state index contributed by atoms with van der Waals surface area (Å²) in [6, 6.07) is 0.176. The highest BCUT2D eigenvalue weighted by atomic mass is 28.4. The average molecular weight is 316 g/mol. The molecule has 0 spiro atoms. The molecule has 21 heavy (non-hydrogen) atoms. The first kappa shape index (κ1) is 18.5. The Kier molecular flexibility index (Phi) is 5.54. The van der Waals surface area contributed by atoms with Crippen LogP contribution < -0.4 is 5.32 Å². The Morgan fingerprint density at radius 2 is 1.67 bits per heavy atom. The molecule has 0 aromatic carbocycles. The Morgan fingerprint density at radius 1 is 1.10 bits per heavy atom. The molecule has 0 saturated heterocycles. The molecule has 4 nitrogen and oxygen atoms in total. The summed E-state index contributed by atoms with van der Waals surface area (Å²) in [6.07, 6.45) is 2.84. The lowest BCUT2D eigenvalue weighted by molar-refractivity contribution is 0.0502. The van der Waals surface area contributed by atoms with Crippen LogP contribution >= 0.6 is 0 Å². The molecule has 1 saturated carbocycles. The van der Waals surface area contributed by atoms with E-state index in [4.69, 9.17) is 9.16 Å². The maximum Gasteiger partial charge on any atom is 0.407 e. The van der Waals surface area contributed by atoms with E-state index < -0.39 is 13.9 Å². The summed E-state index contributed by atoms with van der Waals surface area (Å²) >= 11 is 0. The van der Waals surface area contributed by atoms with Crippen LogP contribution in [0.1, 0.15) is 60.8 Å². The minimum Gasteiger partial charge on any atom is -0.444 e. The summed E-state index contributed by atoms with van der Waals surface area (Å²) in [7, 11) is -1.72. The van der Waals surface area contributed by atoms with Gasteiger partial charge in [0.25, 0.3) is 0 Å². The van der Waals surface area contributed by atoms with Gasteiger partial charge in [0, 0.05) is 12.1 Å². The zero-order valence-corrected chi connectivity index (χ0v) is 16.0. The van der Waals surface area contributed by atoms with Crippen molar-refractivity contribution in [2.45, 2.75) is 96.7 Å². The summed E-state index contributed by atoms with van der Waals surface area (Å²) in [5, 5.41) is 3.19. The van der Waals surface area contributed by atoms with E-state index in [0.717, 1.165) is 19.3 Å². The largest absolute Gasteiger partial charge is 0.444 e. The van der Waals surface area contributed by atoms with E-state index in [-0.39, 0.29) is 23.3 Å². The highest BCUT2D eigenvalue weighted by molar-refractivity contribution is 6.74. The van der Waals surface area contributed by atoms with Gasteiger partial charge in [-0.3, -0.25) is 0 Å². The van der Waals surface area contributed by atoms with Crippen LogP contribution in [0.25, 0.3) is 0 Å². The molecule has 5 heteroatoms. The van der Waals surface area contributed by atoms with Crippen LogP contribution in [0.15, 0.2) is 0 Å². The molecule has 1 unspecified atom stereocenters. The van der Waals surface area contributed by atoms with Crippen LogP contribution in [-0.2, 0) is 9.16 Å². The molecule has 1 aliphatic carbocycles. The molecule has 1 rings (SSSR count). The topological polar surface area (TPSA) is 47.6 Å². The van der Waals surface area contributed by atoms with Crippen molar-refractivity contribution in [2.24, 2.45) is 0 Å². The van der Waals surface area contributed by atoms with Crippen molar-refractivity contribution in [1.29, 1.82) is 0 Å². The molecule has 0 aliphatic heterocycles. The van der Waals surface area contributed by atoms with E-state index in [2.05, 4.69) is 39.2 Å². The van der Waals surface area contributed by atoms with E-state index >= 15 is 0 Å². The number of hydrogen-bond donors (Lipinski definition) is 1. The molecule has 124 valence electrons. The minimum absolute atomic E-state index is 0.176. The van der Waals surface area contributed by atoms with Crippen LogP contribution in [0.3, 0.4) is 0 Å². The predicted octanol–water partition coefficient (Wildman–Crippen LogP) is 4.45. The molecular weight excluding hydrogens is 282 g/mol. The van der Waals surface area contributed by atoms with E-state index in [0.29, 0.717) is 0 Å². The lowest BCUT2D eigenvalue weighted by atomic mass is 10.2. The van der Waals surface area contributed by atoms with Gasteiger partial charge in [0.1, 0.15) is 5.60 Å². The molecule has 1 N–H and O–H groups in total. The van der Waals surface area contributed by atoms with Crippen molar-refractivity contribution in [3.8, 4) is 0 Å². The highest BCUT2D eigenvalue weighted by Crippen LogP contribution is 2.39. The van der Waals surface area contributed by atoms with Crippen LogP contribution in [-0.4, -0.2) is 32.2 Å². The van der Waals surface area contributed by atoms with Crippen molar-refractivity contribution in [3.63, 3.8) is 0 Å². The molecule has 2 atom stereocenters. The van der Waals surface area contributed by atoms with Gasteiger partial charge in [0.2, 0.25) is 0 Å². The van der Waals surface area contributed by atoms with E-state index in [9.17, 15) is 4.79 Å². The maximum atomic E-state index is 11.8. The summed E-state index contributed by atoms with van der Waals surface area (Å²) < 4.78 is 11.7. The number of carbonyl (C=O) groups excluding carboxylic acids is 1. The quantitative estimate of drug-likeness (QED) is 0.782. The number of alkyl carbamates (subject to hydrolysis) is 1. The standard InChI is InChI=1S/C16H33NO3Si/c1-15(2,3)19-14(18)17-12-9-10-13(11-12)20-21(7,8)16(4,5)6/h12-13H,9-11H2,1-8H3,(H,17,18)/t12-,13?/m1/s1. The normalized spacial score (nSPS) is 24.0. The molecule has 1 amide bonds. The van der Waals surface area contributed by atoms with E-state index in [1.165, 1.54) is 0 Å². The first-order valence-electron chi connectivity index (χ1n) is 7.97. The Balaban J connectivity index is 2.45. The van der Waals surface area contributed by atoms with Gasteiger partial charge in [-0.25, -0.2) is 4.79 Å². The maximum absolute atomic E-state index is 11.8. The van der Waals surface area contributed by atoms with Gasteiger partial charge in [-0.2, -0.15) is 0 Å². The van der Waals surface area contributed by atoms with Crippen LogP contribution in [0, 0.1) is 0 Å². The third-order valence-corrected chi connectivity index (χ3v) is 8.91. The lowest BCUT2D eigenvalue weighted by Crippen LogP contribution is -2.44. The number of hydrogen-bond acceptors (Lipinski definition) is 3. The number of nitrogens with one attached hydrogen (secondary N) is 1. The van der Waals surface area contributed by atoms with Gasteiger partial charge >= 0.3 is 6.09 Å². The second-order valence-corrected chi connectivity index (χ2v) is 13.4. The van der Waals surface area contributed by atoms with Crippen molar-refractivity contribution in [2.75, 3.05) is 0 Å². The Bertz CT molecular complexity index is 369. The summed E-state index contributed by atoms with van der Waals surface area (Å²) in [6.45, 7) is 17.0. The molecule has 0 bridgehead atoms. The third-order valence-electron chi connectivity index (χ3n) is 4.37. The van der Waals surface area contributed by atoms with Crippen molar-refractivity contribution < 1.29 is 14.0 Å². The Hall–Kier alpha value is -0.553. The second kappa shape index (κ2) is 6.29. The Morgan fingerprint density at radius 3 is 2.14 bits per heavy atom. The fourth-order valence-electron chi connectivity index (χ4n) is 2.25. The van der Waals surface area contributed by atoms with Gasteiger partial charge in [-0.05, 0) is 58.2 Å². The average Bonchev–Trinajstić information content (AvgIpc) is 2.59. The SMILES string of the molecule is CC(C)(C)OC(=O)N[C@@H]1CCC(O[Si](C)(C)C(C)(C)C)C1. The number of rotatable bonds is 3. The fraction of sp³-hybridized carbons (Fsp3) is 0.938. The minimum atomic E-state index is -1.72. The number of amides is 1. The summed E-state index contributed by atoms with van der Waals surface area (Å²) in [4.78, 5) is 11.8. The molecular formula is C16H33NO3Si. The van der Waals surface area contributed by atoms with Crippen molar-refractivity contribution in [3.05, 3.63) is 0 Å². The van der Waals surface area contributed by atoms with Crippen LogP contribution in [0.5, 0.6) is 0 Å². The van der Waals surface area contributed by atoms with Crippen LogP contribution in [0.4, 0.5) is 4.79 Å². The molecule has 0 aromatic heterocycles. The van der Waals surface area contributed by atoms with E-state index in [1.54, 1.807) is 0 Å². The molecule has 0 radical (unpaired) electrons. The van der Waals surface area contributed by atoms with Crippen molar-refractivity contribution >= 4 is 14.4 Å². The molecule has 1 aliphatic rings. The number of ether oxygens (including phenoxy) is 1. The zero-order chi connectivity index (χ0) is 16.5. The summed E-state index contributed by atoms with van der Waals surface area (Å²) in [5.74, 6) is 0. The summed E-state index contributed by atoms with van der Waals surface area (Å²) in [5.41, 5.74) is -0.445. The molecule has 1 fully saturated rings. The van der Waals surface area contributed by atoms with Gasteiger partial charge in [-0.15, -0.1) is 0 Å². The highest BCUT2D eigenvalue weighted by Gasteiger charge is 2.41.